The van der Waals surface area contributed by atoms with Crippen molar-refractivity contribution in [2.45, 2.75) is 32.1 Å². The van der Waals surface area contributed by atoms with Gasteiger partial charge in [-0.05, 0) is 25.0 Å². The van der Waals surface area contributed by atoms with Crippen molar-refractivity contribution in [2.75, 3.05) is 13.7 Å². The van der Waals surface area contributed by atoms with E-state index in [1.54, 1.807) is 18.7 Å². The molecule has 0 atom stereocenters. The first-order valence-electron chi connectivity index (χ1n) is 8.45. The summed E-state index contributed by atoms with van der Waals surface area (Å²) in [5, 5.41) is 11.1. The van der Waals surface area contributed by atoms with Gasteiger partial charge >= 0.3 is 5.91 Å². The summed E-state index contributed by atoms with van der Waals surface area (Å²) in [6.07, 6.45) is 5.02. The molecule has 1 heterocycles. The maximum atomic E-state index is 12.1. The van der Waals surface area contributed by atoms with E-state index in [0.717, 1.165) is 24.8 Å². The number of hydrogen-bond acceptors (Lipinski definition) is 6. The maximum Gasteiger partial charge on any atom is 0.307 e. The lowest BCUT2D eigenvalue weighted by atomic mass is 10.1. The molecule has 140 valence electrons. The van der Waals surface area contributed by atoms with Gasteiger partial charge in [-0.2, -0.15) is 0 Å². The van der Waals surface area contributed by atoms with Gasteiger partial charge in [0.1, 0.15) is 5.75 Å². The Morgan fingerprint density at radius 3 is 2.81 bits per heavy atom. The smallest absolute Gasteiger partial charge is 0.307 e. The Hall–Kier alpha value is -2.87. The van der Waals surface area contributed by atoms with Gasteiger partial charge in [0.05, 0.1) is 13.3 Å². The number of ether oxygens (including phenoxy) is 1. The largest absolute Gasteiger partial charge is 0.497 e. The van der Waals surface area contributed by atoms with Crippen molar-refractivity contribution >= 4 is 11.8 Å². The van der Waals surface area contributed by atoms with Gasteiger partial charge in [0.2, 0.25) is 5.91 Å². The number of oxazole rings is 1. The number of amides is 2. The first kappa shape index (κ1) is 19.5. The number of nitrogens with one attached hydrogen (secondary N) is 2. The molecule has 0 spiro atoms. The normalized spacial score (nSPS) is 10.4. The van der Waals surface area contributed by atoms with E-state index in [1.165, 1.54) is 6.20 Å². The summed E-state index contributed by atoms with van der Waals surface area (Å²) < 4.78 is 10.7. The fourth-order valence-electron chi connectivity index (χ4n) is 2.39. The second-order valence-electron chi connectivity index (χ2n) is 5.72. The van der Waals surface area contributed by atoms with Crippen molar-refractivity contribution in [3.63, 3.8) is 0 Å². The van der Waals surface area contributed by atoms with Crippen LogP contribution in [0.5, 0.6) is 5.75 Å². The molecule has 8 nitrogen and oxygen atoms in total. The van der Waals surface area contributed by atoms with Gasteiger partial charge in [0, 0.05) is 18.5 Å². The van der Waals surface area contributed by atoms with E-state index >= 15 is 0 Å². The number of methoxy groups -OCH3 is 1. The Labute approximate surface area is 151 Å². The predicted octanol–water partition coefficient (Wildman–Crippen LogP) is 2.54. The van der Waals surface area contributed by atoms with Crippen LogP contribution >= 0.6 is 0 Å². The number of rotatable bonds is 10. The van der Waals surface area contributed by atoms with Gasteiger partial charge in [-0.3, -0.25) is 14.8 Å². The molecule has 3 N–H and O–H groups in total. The van der Waals surface area contributed by atoms with Crippen LogP contribution in [0.4, 0.5) is 0 Å². The fraction of sp³-hybridized carbons (Fsp3) is 0.389. The standard InChI is InChI=1S/C18H23N3O5/c1-25-14-8-6-7-13(11-14)15-12-20-18(26-15)17(23)19-10-5-3-2-4-9-16(22)21-24/h6-8,11-12,24H,2-5,9-10H2,1H3,(H,19,23)(H,21,22). The minimum absolute atomic E-state index is 0.0161. The molecular formula is C18H23N3O5. The molecule has 1 aromatic heterocycles. The molecule has 0 aliphatic rings. The quantitative estimate of drug-likeness (QED) is 0.340. The molecule has 0 aliphatic carbocycles. The Morgan fingerprint density at radius 1 is 1.23 bits per heavy atom. The number of aromatic nitrogens is 1. The third-order valence-electron chi connectivity index (χ3n) is 3.80. The molecular weight excluding hydrogens is 338 g/mol. The zero-order valence-corrected chi connectivity index (χ0v) is 14.7. The van der Waals surface area contributed by atoms with Crippen LogP contribution in [0.1, 0.15) is 42.8 Å². The van der Waals surface area contributed by atoms with Crippen molar-refractivity contribution in [1.29, 1.82) is 0 Å². The van der Waals surface area contributed by atoms with E-state index in [4.69, 9.17) is 14.4 Å². The molecule has 1 aromatic carbocycles. The van der Waals surface area contributed by atoms with E-state index in [9.17, 15) is 9.59 Å². The van der Waals surface area contributed by atoms with E-state index < -0.39 is 0 Å². The number of carbonyl (C=O) groups is 2. The average Bonchev–Trinajstić information content (AvgIpc) is 3.17. The summed E-state index contributed by atoms with van der Waals surface area (Å²) >= 11 is 0. The molecule has 0 fully saturated rings. The van der Waals surface area contributed by atoms with Crippen LogP contribution in [0.2, 0.25) is 0 Å². The molecule has 0 bridgehead atoms. The minimum atomic E-state index is -0.381. The number of benzene rings is 1. The molecule has 0 aliphatic heterocycles. The Bertz CT molecular complexity index is 729. The van der Waals surface area contributed by atoms with Crippen LogP contribution in [0.3, 0.4) is 0 Å². The molecule has 0 saturated carbocycles. The summed E-state index contributed by atoms with van der Waals surface area (Å²) in [4.78, 5) is 26.9. The van der Waals surface area contributed by atoms with Gasteiger partial charge in [-0.25, -0.2) is 10.5 Å². The van der Waals surface area contributed by atoms with E-state index in [0.29, 0.717) is 30.9 Å². The topological polar surface area (TPSA) is 114 Å². The van der Waals surface area contributed by atoms with Gasteiger partial charge in [-0.15, -0.1) is 0 Å². The highest BCUT2D eigenvalue weighted by molar-refractivity contribution is 5.89. The van der Waals surface area contributed by atoms with Crippen LogP contribution in [0.15, 0.2) is 34.9 Å². The van der Waals surface area contributed by atoms with Crippen LogP contribution in [0, 0.1) is 0 Å². The summed E-state index contributed by atoms with van der Waals surface area (Å²) in [5.41, 5.74) is 2.38. The zero-order chi connectivity index (χ0) is 18.8. The van der Waals surface area contributed by atoms with Gasteiger partial charge in [-0.1, -0.05) is 25.0 Å². The average molecular weight is 361 g/mol. The van der Waals surface area contributed by atoms with E-state index in [-0.39, 0.29) is 17.7 Å². The Kier molecular flexibility index (Phi) is 7.63. The van der Waals surface area contributed by atoms with Gasteiger partial charge in [0.15, 0.2) is 5.76 Å². The minimum Gasteiger partial charge on any atom is -0.497 e. The molecule has 8 heteroatoms. The van der Waals surface area contributed by atoms with Crippen molar-refractivity contribution < 1.29 is 24.0 Å². The lowest BCUT2D eigenvalue weighted by Crippen LogP contribution is -2.24. The third-order valence-corrected chi connectivity index (χ3v) is 3.80. The Morgan fingerprint density at radius 2 is 2.04 bits per heavy atom. The van der Waals surface area contributed by atoms with Crippen LogP contribution < -0.4 is 15.5 Å². The number of nitrogens with zero attached hydrogens (tertiary/aromatic N) is 1. The molecule has 0 unspecified atom stereocenters. The fourth-order valence-corrected chi connectivity index (χ4v) is 2.39. The van der Waals surface area contributed by atoms with Gasteiger partial charge in [0.25, 0.3) is 5.89 Å². The SMILES string of the molecule is COc1cccc(-c2cnc(C(=O)NCCCCCCC(=O)NO)o2)c1. The maximum absolute atomic E-state index is 12.1. The summed E-state index contributed by atoms with van der Waals surface area (Å²) in [6, 6.07) is 7.31. The summed E-state index contributed by atoms with van der Waals surface area (Å²) in [5.74, 6) is 0.466. The van der Waals surface area contributed by atoms with Crippen molar-refractivity contribution in [2.24, 2.45) is 0 Å². The highest BCUT2D eigenvalue weighted by atomic mass is 16.5. The van der Waals surface area contributed by atoms with E-state index in [1.807, 2.05) is 18.2 Å². The lowest BCUT2D eigenvalue weighted by molar-refractivity contribution is -0.129. The van der Waals surface area contributed by atoms with Crippen molar-refractivity contribution in [1.82, 2.24) is 15.8 Å². The highest BCUT2D eigenvalue weighted by Crippen LogP contribution is 2.24. The van der Waals surface area contributed by atoms with Gasteiger partial charge < -0.3 is 14.5 Å². The van der Waals surface area contributed by atoms with Crippen LogP contribution in [0.25, 0.3) is 11.3 Å². The number of carbonyl (C=O) groups excluding carboxylic acids is 2. The summed E-state index contributed by atoms with van der Waals surface area (Å²) in [7, 11) is 1.58. The Balaban J connectivity index is 1.73. The number of hydrogen-bond donors (Lipinski definition) is 3. The summed E-state index contributed by atoms with van der Waals surface area (Å²) in [6.45, 7) is 0.502. The second kappa shape index (κ2) is 10.2. The number of unbranched alkanes of at least 4 members (excludes halogenated alkanes) is 3. The second-order valence-corrected chi connectivity index (χ2v) is 5.72. The molecule has 26 heavy (non-hydrogen) atoms. The predicted molar refractivity (Wildman–Crippen MR) is 93.8 cm³/mol. The van der Waals surface area contributed by atoms with Crippen molar-refractivity contribution in [3.05, 3.63) is 36.4 Å². The molecule has 2 rings (SSSR count). The van der Waals surface area contributed by atoms with Crippen LogP contribution in [-0.4, -0.2) is 35.7 Å². The third kappa shape index (κ3) is 5.89. The van der Waals surface area contributed by atoms with E-state index in [2.05, 4.69) is 10.3 Å². The molecule has 2 aromatic rings. The first-order chi connectivity index (χ1) is 12.6. The first-order valence-corrected chi connectivity index (χ1v) is 8.45. The highest BCUT2D eigenvalue weighted by Gasteiger charge is 2.14. The lowest BCUT2D eigenvalue weighted by Gasteiger charge is -2.03. The molecule has 2 amide bonds. The number of hydroxylamine groups is 1. The van der Waals surface area contributed by atoms with Crippen molar-refractivity contribution in [3.8, 4) is 17.1 Å². The molecule has 0 saturated heterocycles. The zero-order valence-electron chi connectivity index (χ0n) is 14.7. The molecule has 0 radical (unpaired) electrons. The van der Waals surface area contributed by atoms with Crippen LogP contribution in [-0.2, 0) is 4.79 Å². The monoisotopic (exact) mass is 361 g/mol.